The van der Waals surface area contributed by atoms with Crippen LogP contribution in [0.4, 0.5) is 5.82 Å². The van der Waals surface area contributed by atoms with Crippen LogP contribution in [0.2, 0.25) is 0 Å². The van der Waals surface area contributed by atoms with E-state index in [1.807, 2.05) is 13.0 Å². The van der Waals surface area contributed by atoms with Crippen molar-refractivity contribution in [3.05, 3.63) is 45.6 Å². The van der Waals surface area contributed by atoms with E-state index >= 15 is 0 Å². The van der Waals surface area contributed by atoms with Crippen LogP contribution >= 0.6 is 15.9 Å². The molecule has 0 aliphatic rings. The summed E-state index contributed by atoms with van der Waals surface area (Å²) in [6.45, 7) is 1.84. The van der Waals surface area contributed by atoms with E-state index in [9.17, 15) is 4.79 Å². The van der Waals surface area contributed by atoms with Crippen LogP contribution in [0.1, 0.15) is 21.5 Å². The summed E-state index contributed by atoms with van der Waals surface area (Å²) >= 11 is 3.39. The van der Waals surface area contributed by atoms with Crippen molar-refractivity contribution in [3.8, 4) is 0 Å². The Morgan fingerprint density at radius 3 is 2.86 bits per heavy atom. The third-order valence-corrected chi connectivity index (χ3v) is 3.93. The molecule has 0 spiro atoms. The monoisotopic (exact) mass is 351 g/mol. The van der Waals surface area contributed by atoms with Gasteiger partial charge >= 0.3 is 0 Å². The lowest BCUT2D eigenvalue weighted by Crippen LogP contribution is -2.20. The molecule has 7 nitrogen and oxygen atoms in total. The Hall–Kier alpha value is -2.35. The Balaban J connectivity index is 2.37. The first-order chi connectivity index (χ1) is 9.95. The molecule has 0 fully saturated rings. The highest BCUT2D eigenvalue weighted by molar-refractivity contribution is 9.10. The van der Waals surface area contributed by atoms with E-state index in [1.165, 1.54) is 10.9 Å². The summed E-state index contributed by atoms with van der Waals surface area (Å²) in [5.74, 6) is -0.0663. The number of halogens is 1. The van der Waals surface area contributed by atoms with Crippen LogP contribution < -0.4 is 11.1 Å². The highest BCUT2D eigenvalue weighted by Gasteiger charge is 2.17. The van der Waals surface area contributed by atoms with Gasteiger partial charge in [-0.05, 0) is 24.6 Å². The summed E-state index contributed by atoms with van der Waals surface area (Å²) in [6, 6.07) is 5.35. The number of benzene rings is 1. The molecule has 0 saturated heterocycles. The maximum atomic E-state index is 12.4. The molecule has 0 aliphatic carbocycles. The number of hydrogen-bond donors (Lipinski definition) is 3. The number of aryl methyl sites for hydroxylation is 1. The largest absolute Gasteiger partial charge is 0.409 e. The highest BCUT2D eigenvalue weighted by Crippen LogP contribution is 2.21. The standard InChI is InChI=1S/C13H14BrN5O2/c1-7-8(4-3-5-10(7)14)13(20)17-12-9(11(15)18-21)6-16-19(12)2/h3-6,21H,1-2H3,(H2,15,18)(H,17,20). The van der Waals surface area contributed by atoms with Gasteiger partial charge in [-0.15, -0.1) is 0 Å². The van der Waals surface area contributed by atoms with Gasteiger partial charge in [-0.1, -0.05) is 27.2 Å². The number of nitrogens with one attached hydrogen (secondary N) is 1. The van der Waals surface area contributed by atoms with Crippen molar-refractivity contribution in [1.82, 2.24) is 9.78 Å². The summed E-state index contributed by atoms with van der Waals surface area (Å²) in [5.41, 5.74) is 7.26. The number of nitrogens with zero attached hydrogens (tertiary/aromatic N) is 3. The molecule has 2 aromatic rings. The van der Waals surface area contributed by atoms with Gasteiger partial charge in [0.1, 0.15) is 5.82 Å². The molecule has 0 atom stereocenters. The molecule has 4 N–H and O–H groups in total. The van der Waals surface area contributed by atoms with Gasteiger partial charge in [0.25, 0.3) is 5.91 Å². The first-order valence-corrected chi connectivity index (χ1v) is 6.81. The minimum Gasteiger partial charge on any atom is -0.409 e. The van der Waals surface area contributed by atoms with E-state index in [0.29, 0.717) is 16.9 Å². The lowest BCUT2D eigenvalue weighted by atomic mass is 10.1. The molecule has 0 radical (unpaired) electrons. The third kappa shape index (κ3) is 2.89. The van der Waals surface area contributed by atoms with Crippen LogP contribution in [-0.4, -0.2) is 26.7 Å². The first-order valence-electron chi connectivity index (χ1n) is 6.02. The summed E-state index contributed by atoms with van der Waals surface area (Å²) in [4.78, 5) is 12.4. The van der Waals surface area contributed by atoms with Gasteiger partial charge in [0.15, 0.2) is 5.84 Å². The van der Waals surface area contributed by atoms with E-state index in [1.54, 1.807) is 19.2 Å². The van der Waals surface area contributed by atoms with Crippen molar-refractivity contribution in [2.24, 2.45) is 17.9 Å². The zero-order chi connectivity index (χ0) is 15.6. The lowest BCUT2D eigenvalue weighted by Gasteiger charge is -2.10. The number of anilines is 1. The quantitative estimate of drug-likeness (QED) is 0.339. The average molecular weight is 352 g/mol. The number of nitrogens with two attached hydrogens (primary N) is 1. The Morgan fingerprint density at radius 2 is 2.19 bits per heavy atom. The van der Waals surface area contributed by atoms with Crippen LogP contribution in [0.5, 0.6) is 0 Å². The topological polar surface area (TPSA) is 106 Å². The van der Waals surface area contributed by atoms with E-state index in [2.05, 4.69) is 31.5 Å². The summed E-state index contributed by atoms with van der Waals surface area (Å²) in [6.07, 6.45) is 1.42. The van der Waals surface area contributed by atoms with E-state index in [0.717, 1.165) is 10.0 Å². The fraction of sp³-hybridized carbons (Fsp3) is 0.154. The maximum Gasteiger partial charge on any atom is 0.257 e. The second-order valence-electron chi connectivity index (χ2n) is 4.38. The molecule has 8 heteroatoms. The average Bonchev–Trinajstić information content (AvgIpc) is 2.82. The number of carbonyl (C=O) groups is 1. The van der Waals surface area contributed by atoms with Crippen LogP contribution in [-0.2, 0) is 7.05 Å². The minimum atomic E-state index is -0.301. The van der Waals surface area contributed by atoms with E-state index in [-0.39, 0.29) is 11.7 Å². The number of rotatable bonds is 3. The number of oxime groups is 1. The first kappa shape index (κ1) is 15.0. The molecule has 1 amide bonds. The maximum absolute atomic E-state index is 12.4. The molecule has 2 rings (SSSR count). The van der Waals surface area contributed by atoms with Crippen molar-refractivity contribution >= 4 is 33.5 Å². The molecule has 1 aromatic carbocycles. The van der Waals surface area contributed by atoms with Crippen LogP contribution in [0.15, 0.2) is 34.0 Å². The SMILES string of the molecule is Cc1c(Br)cccc1C(=O)Nc1c(C(N)=NO)cnn1C. The molecule has 1 aromatic heterocycles. The lowest BCUT2D eigenvalue weighted by molar-refractivity contribution is 0.102. The molecule has 21 heavy (non-hydrogen) atoms. The van der Waals surface area contributed by atoms with Gasteiger partial charge in [-0.2, -0.15) is 5.10 Å². The van der Waals surface area contributed by atoms with E-state index < -0.39 is 0 Å². The number of hydrogen-bond acceptors (Lipinski definition) is 4. The molecular formula is C13H14BrN5O2. The zero-order valence-electron chi connectivity index (χ0n) is 11.5. The van der Waals surface area contributed by atoms with Crippen molar-refractivity contribution in [2.75, 3.05) is 5.32 Å². The van der Waals surface area contributed by atoms with Gasteiger partial charge in [0.05, 0.1) is 11.8 Å². The fourth-order valence-electron chi connectivity index (χ4n) is 1.86. The summed E-state index contributed by atoms with van der Waals surface area (Å²) < 4.78 is 2.29. The highest BCUT2D eigenvalue weighted by atomic mass is 79.9. The van der Waals surface area contributed by atoms with Gasteiger partial charge in [-0.3, -0.25) is 9.48 Å². The summed E-state index contributed by atoms with van der Waals surface area (Å²) in [7, 11) is 1.65. The molecular weight excluding hydrogens is 338 g/mol. The number of carbonyl (C=O) groups excluding carboxylic acids is 1. The second kappa shape index (κ2) is 5.96. The molecule has 0 aliphatic heterocycles. The normalized spacial score (nSPS) is 11.5. The molecule has 1 heterocycles. The van der Waals surface area contributed by atoms with Gasteiger partial charge in [-0.25, -0.2) is 0 Å². The van der Waals surface area contributed by atoms with E-state index in [4.69, 9.17) is 10.9 Å². The van der Waals surface area contributed by atoms with Gasteiger partial charge in [0.2, 0.25) is 0 Å². The predicted octanol–water partition coefficient (Wildman–Crippen LogP) is 1.84. The van der Waals surface area contributed by atoms with Gasteiger partial charge in [0, 0.05) is 17.1 Å². The van der Waals surface area contributed by atoms with Gasteiger partial charge < -0.3 is 16.3 Å². The van der Waals surface area contributed by atoms with Crippen molar-refractivity contribution in [1.29, 1.82) is 0 Å². The smallest absolute Gasteiger partial charge is 0.257 e. The Kier molecular flexibility index (Phi) is 4.27. The van der Waals surface area contributed by atoms with Crippen LogP contribution in [0, 0.1) is 6.92 Å². The fourth-order valence-corrected chi connectivity index (χ4v) is 2.22. The summed E-state index contributed by atoms with van der Waals surface area (Å²) in [5, 5.41) is 18.4. The second-order valence-corrected chi connectivity index (χ2v) is 5.24. The Bertz CT molecular complexity index is 723. The molecule has 0 unspecified atom stereocenters. The number of aromatic nitrogens is 2. The van der Waals surface area contributed by atoms with Crippen molar-refractivity contribution in [3.63, 3.8) is 0 Å². The van der Waals surface area contributed by atoms with Crippen molar-refractivity contribution in [2.45, 2.75) is 6.92 Å². The Labute approximate surface area is 129 Å². The van der Waals surface area contributed by atoms with Crippen molar-refractivity contribution < 1.29 is 10.0 Å². The molecule has 110 valence electrons. The predicted molar refractivity (Wildman–Crippen MR) is 82.6 cm³/mol. The number of amidine groups is 1. The zero-order valence-corrected chi connectivity index (χ0v) is 13.0. The third-order valence-electron chi connectivity index (χ3n) is 3.07. The molecule has 0 bridgehead atoms. The van der Waals surface area contributed by atoms with Crippen LogP contribution in [0.3, 0.4) is 0 Å². The van der Waals surface area contributed by atoms with Crippen LogP contribution in [0.25, 0.3) is 0 Å². The Morgan fingerprint density at radius 1 is 1.48 bits per heavy atom. The minimum absolute atomic E-state index is 0.121. The molecule has 0 saturated carbocycles. The number of amides is 1.